The first-order valence-corrected chi connectivity index (χ1v) is 5.20. The smallest absolute Gasteiger partial charge is 0.305 e. The van der Waals surface area contributed by atoms with Crippen molar-refractivity contribution in [1.29, 1.82) is 0 Å². The third-order valence-corrected chi connectivity index (χ3v) is 3.90. The molecule has 0 radical (unpaired) electrons. The van der Waals surface area contributed by atoms with E-state index >= 15 is 0 Å². The van der Waals surface area contributed by atoms with Crippen LogP contribution in [0.5, 0.6) is 0 Å². The van der Waals surface area contributed by atoms with Crippen molar-refractivity contribution < 1.29 is 14.7 Å². The zero-order chi connectivity index (χ0) is 9.90. The summed E-state index contributed by atoms with van der Waals surface area (Å²) >= 11 is 1.70. The van der Waals surface area contributed by atoms with E-state index in [2.05, 4.69) is 5.32 Å². The number of carboxylic acid groups (broad SMARTS) is 1. The largest absolute Gasteiger partial charge is 0.481 e. The fraction of sp³-hybridized carbons (Fsp3) is 0.750. The lowest BCUT2D eigenvalue weighted by Crippen LogP contribution is -2.50. The van der Waals surface area contributed by atoms with Gasteiger partial charge in [0.25, 0.3) is 0 Å². The van der Waals surface area contributed by atoms with Gasteiger partial charge in [0.2, 0.25) is 6.41 Å². The molecule has 0 aromatic carbocycles. The maximum Gasteiger partial charge on any atom is 0.305 e. The molecule has 1 heterocycles. The van der Waals surface area contributed by atoms with Gasteiger partial charge in [0, 0.05) is 5.25 Å². The lowest BCUT2D eigenvalue weighted by atomic mass is 9.89. The van der Waals surface area contributed by atoms with Gasteiger partial charge < -0.3 is 10.4 Å². The van der Waals surface area contributed by atoms with Gasteiger partial charge in [-0.3, -0.25) is 9.59 Å². The summed E-state index contributed by atoms with van der Waals surface area (Å²) in [6, 6.07) is 0. The molecule has 0 aromatic rings. The van der Waals surface area contributed by atoms with Crippen LogP contribution in [0.1, 0.15) is 19.8 Å². The fourth-order valence-corrected chi connectivity index (χ4v) is 3.06. The van der Waals surface area contributed by atoms with E-state index in [-0.39, 0.29) is 11.7 Å². The van der Waals surface area contributed by atoms with E-state index in [1.165, 1.54) is 0 Å². The maximum absolute atomic E-state index is 10.6. The number of hydrogen-bond donors (Lipinski definition) is 2. The van der Waals surface area contributed by atoms with E-state index in [1.54, 1.807) is 11.8 Å². The third kappa shape index (κ3) is 2.15. The minimum Gasteiger partial charge on any atom is -0.481 e. The number of thioether (sulfide) groups is 1. The Bertz CT molecular complexity index is 221. The Morgan fingerprint density at radius 2 is 2.54 bits per heavy atom. The second-order valence-electron chi connectivity index (χ2n) is 3.25. The highest BCUT2D eigenvalue weighted by Crippen LogP contribution is 2.37. The average molecular weight is 203 g/mol. The number of hydrogen-bond acceptors (Lipinski definition) is 3. The minimum absolute atomic E-state index is 0.0138. The molecule has 2 atom stereocenters. The van der Waals surface area contributed by atoms with Gasteiger partial charge >= 0.3 is 5.97 Å². The molecule has 2 N–H and O–H groups in total. The van der Waals surface area contributed by atoms with Crippen LogP contribution in [0.3, 0.4) is 0 Å². The molecular weight excluding hydrogens is 190 g/mol. The van der Waals surface area contributed by atoms with Crippen molar-refractivity contribution in [2.24, 2.45) is 0 Å². The van der Waals surface area contributed by atoms with E-state index in [1.807, 2.05) is 6.92 Å². The van der Waals surface area contributed by atoms with E-state index in [0.29, 0.717) is 6.41 Å². The highest BCUT2D eigenvalue weighted by atomic mass is 32.2. The monoisotopic (exact) mass is 203 g/mol. The van der Waals surface area contributed by atoms with Crippen LogP contribution in [0.4, 0.5) is 0 Å². The van der Waals surface area contributed by atoms with Crippen molar-refractivity contribution in [2.45, 2.75) is 30.6 Å². The summed E-state index contributed by atoms with van der Waals surface area (Å²) in [5, 5.41) is 11.5. The van der Waals surface area contributed by atoms with E-state index in [0.717, 1.165) is 12.2 Å². The molecule has 1 fully saturated rings. The Balaban J connectivity index is 2.73. The van der Waals surface area contributed by atoms with Crippen molar-refractivity contribution >= 4 is 24.1 Å². The first-order valence-electron chi connectivity index (χ1n) is 4.15. The van der Waals surface area contributed by atoms with Gasteiger partial charge in [-0.15, -0.1) is 0 Å². The van der Waals surface area contributed by atoms with Gasteiger partial charge in [-0.05, 0) is 12.2 Å². The maximum atomic E-state index is 10.6. The number of carboxylic acids is 1. The molecule has 5 heteroatoms. The van der Waals surface area contributed by atoms with Crippen LogP contribution in [-0.2, 0) is 9.59 Å². The predicted molar refractivity (Wildman–Crippen MR) is 50.7 cm³/mol. The molecule has 0 spiro atoms. The number of rotatable bonds is 4. The quantitative estimate of drug-likeness (QED) is 0.652. The molecule has 1 aliphatic rings. The van der Waals surface area contributed by atoms with Crippen molar-refractivity contribution in [3.63, 3.8) is 0 Å². The van der Waals surface area contributed by atoms with Crippen molar-refractivity contribution in [2.75, 3.05) is 5.75 Å². The molecule has 1 amide bonds. The van der Waals surface area contributed by atoms with E-state index in [9.17, 15) is 9.59 Å². The highest BCUT2D eigenvalue weighted by Gasteiger charge is 2.42. The molecule has 0 bridgehead atoms. The molecule has 1 aliphatic heterocycles. The molecule has 0 aliphatic carbocycles. The molecule has 74 valence electrons. The first-order chi connectivity index (χ1) is 6.10. The van der Waals surface area contributed by atoms with Crippen molar-refractivity contribution in [1.82, 2.24) is 5.32 Å². The van der Waals surface area contributed by atoms with Crippen LogP contribution in [0.2, 0.25) is 0 Å². The van der Waals surface area contributed by atoms with Gasteiger partial charge in [0.1, 0.15) is 0 Å². The molecule has 4 nitrogen and oxygen atoms in total. The standard InChI is InChI=1S/C8H13NO3S/c1-6-8(9-5-10,2-3-13-6)4-7(11)12/h5-6H,2-4H2,1H3,(H,9,10)(H,11,12). The third-order valence-electron chi connectivity index (χ3n) is 2.51. The summed E-state index contributed by atoms with van der Waals surface area (Å²) in [7, 11) is 0. The summed E-state index contributed by atoms with van der Waals surface area (Å²) < 4.78 is 0. The zero-order valence-corrected chi connectivity index (χ0v) is 8.26. The van der Waals surface area contributed by atoms with Gasteiger partial charge in [-0.25, -0.2) is 0 Å². The summed E-state index contributed by atoms with van der Waals surface area (Å²) in [5.74, 6) is 0.0543. The summed E-state index contributed by atoms with van der Waals surface area (Å²) in [6.07, 6.45) is 1.36. The van der Waals surface area contributed by atoms with E-state index in [4.69, 9.17) is 5.11 Å². The molecule has 0 saturated carbocycles. The fourth-order valence-electron chi connectivity index (χ4n) is 1.64. The number of carbonyl (C=O) groups is 2. The zero-order valence-electron chi connectivity index (χ0n) is 7.45. The second-order valence-corrected chi connectivity index (χ2v) is 4.70. The van der Waals surface area contributed by atoms with Crippen molar-refractivity contribution in [3.05, 3.63) is 0 Å². The molecular formula is C8H13NO3S. The van der Waals surface area contributed by atoms with Crippen LogP contribution >= 0.6 is 11.8 Å². The van der Waals surface area contributed by atoms with Crippen LogP contribution in [0, 0.1) is 0 Å². The Kier molecular flexibility index (Phi) is 3.19. The van der Waals surface area contributed by atoms with Crippen LogP contribution in [-0.4, -0.2) is 34.0 Å². The number of carbonyl (C=O) groups excluding carboxylic acids is 1. The van der Waals surface area contributed by atoms with Crippen molar-refractivity contribution in [3.8, 4) is 0 Å². The number of aliphatic carboxylic acids is 1. The van der Waals surface area contributed by atoms with Gasteiger partial charge in [-0.2, -0.15) is 11.8 Å². The van der Waals surface area contributed by atoms with Gasteiger partial charge in [-0.1, -0.05) is 6.92 Å². The second kappa shape index (κ2) is 4.00. The Labute approximate surface area is 81.1 Å². The Hall–Kier alpha value is -0.710. The lowest BCUT2D eigenvalue weighted by molar-refractivity contribution is -0.138. The summed E-state index contributed by atoms with van der Waals surface area (Å²) in [4.78, 5) is 21.0. The summed E-state index contributed by atoms with van der Waals surface area (Å²) in [5.41, 5.74) is -0.530. The lowest BCUT2D eigenvalue weighted by Gasteiger charge is -2.30. The normalized spacial score (nSPS) is 32.8. The van der Waals surface area contributed by atoms with Crippen LogP contribution < -0.4 is 5.32 Å². The number of nitrogens with one attached hydrogen (secondary N) is 1. The highest BCUT2D eigenvalue weighted by molar-refractivity contribution is 8.00. The molecule has 13 heavy (non-hydrogen) atoms. The number of amides is 1. The first kappa shape index (κ1) is 10.4. The Morgan fingerprint density at radius 1 is 1.85 bits per heavy atom. The van der Waals surface area contributed by atoms with E-state index < -0.39 is 11.5 Å². The molecule has 1 saturated heterocycles. The van der Waals surface area contributed by atoms with Gasteiger partial charge in [0.15, 0.2) is 0 Å². The molecule has 0 aromatic heterocycles. The topological polar surface area (TPSA) is 66.4 Å². The van der Waals surface area contributed by atoms with Gasteiger partial charge in [0.05, 0.1) is 12.0 Å². The SMILES string of the molecule is CC1SCCC1(CC(=O)O)NC=O. The minimum atomic E-state index is -0.858. The van der Waals surface area contributed by atoms with Crippen LogP contribution in [0.25, 0.3) is 0 Å². The molecule has 2 unspecified atom stereocenters. The average Bonchev–Trinajstić information content (AvgIpc) is 2.32. The van der Waals surface area contributed by atoms with Crippen LogP contribution in [0.15, 0.2) is 0 Å². The predicted octanol–water partition coefficient (Wildman–Crippen LogP) is 0.471. The molecule has 1 rings (SSSR count). The Morgan fingerprint density at radius 3 is 2.92 bits per heavy atom. The summed E-state index contributed by atoms with van der Waals surface area (Å²) in [6.45, 7) is 1.96.